The molecule has 1 saturated heterocycles. The van der Waals surface area contributed by atoms with Crippen molar-refractivity contribution in [2.24, 2.45) is 0 Å². The number of rotatable bonds is 4. The number of hydrogen-bond acceptors (Lipinski definition) is 2. The van der Waals surface area contributed by atoms with Crippen LogP contribution in [0, 0.1) is 5.82 Å². The molecule has 0 radical (unpaired) electrons. The lowest BCUT2D eigenvalue weighted by Gasteiger charge is -2.25. The predicted octanol–water partition coefficient (Wildman–Crippen LogP) is 3.74. The molecule has 3 heteroatoms. The Morgan fingerprint density at radius 1 is 1.10 bits per heavy atom. The van der Waals surface area contributed by atoms with E-state index in [1.165, 1.54) is 32.4 Å². The molecule has 20 heavy (non-hydrogen) atoms. The van der Waals surface area contributed by atoms with Crippen molar-refractivity contribution in [3.05, 3.63) is 35.6 Å². The van der Waals surface area contributed by atoms with Crippen molar-refractivity contribution in [3.8, 4) is 0 Å². The number of likely N-dealkylation sites (tertiary alicyclic amines) is 1. The highest BCUT2D eigenvalue weighted by Gasteiger charge is 2.20. The van der Waals surface area contributed by atoms with Crippen molar-refractivity contribution in [1.82, 2.24) is 10.2 Å². The van der Waals surface area contributed by atoms with Gasteiger partial charge in [0, 0.05) is 18.1 Å². The Labute approximate surface area is 122 Å². The lowest BCUT2D eigenvalue weighted by Crippen LogP contribution is -2.34. The van der Waals surface area contributed by atoms with Crippen LogP contribution in [0.15, 0.2) is 24.3 Å². The Morgan fingerprint density at radius 2 is 1.80 bits per heavy atom. The van der Waals surface area contributed by atoms with Gasteiger partial charge in [-0.1, -0.05) is 12.1 Å². The first-order chi connectivity index (χ1) is 9.56. The molecule has 1 fully saturated rings. The minimum atomic E-state index is -0.164. The molecule has 2 rings (SSSR count). The van der Waals surface area contributed by atoms with Gasteiger partial charge in [-0.05, 0) is 70.8 Å². The van der Waals surface area contributed by atoms with E-state index in [2.05, 4.69) is 31.0 Å². The van der Waals surface area contributed by atoms with Crippen LogP contribution in [0.3, 0.4) is 0 Å². The minimum Gasteiger partial charge on any atom is -0.307 e. The van der Waals surface area contributed by atoms with Gasteiger partial charge in [-0.3, -0.25) is 0 Å². The molecule has 1 N–H and O–H groups in total. The molecule has 1 aromatic carbocycles. The van der Waals surface area contributed by atoms with E-state index in [-0.39, 0.29) is 11.9 Å². The summed E-state index contributed by atoms with van der Waals surface area (Å²) in [5.41, 5.74) is 1.16. The summed E-state index contributed by atoms with van der Waals surface area (Å²) in [5.74, 6) is -0.164. The molecule has 1 aromatic rings. The summed E-state index contributed by atoms with van der Waals surface area (Å²) < 4.78 is 13.0. The Balaban J connectivity index is 1.88. The topological polar surface area (TPSA) is 15.3 Å². The first-order valence-corrected chi connectivity index (χ1v) is 7.82. The summed E-state index contributed by atoms with van der Waals surface area (Å²) in [5, 5.41) is 3.70. The summed E-state index contributed by atoms with van der Waals surface area (Å²) in [6.45, 7) is 9.09. The van der Waals surface area contributed by atoms with E-state index >= 15 is 0 Å². The van der Waals surface area contributed by atoms with Gasteiger partial charge in [0.25, 0.3) is 0 Å². The lowest BCUT2D eigenvalue weighted by atomic mass is 10.0. The smallest absolute Gasteiger partial charge is 0.123 e. The van der Waals surface area contributed by atoms with Crippen LogP contribution in [-0.2, 0) is 0 Å². The van der Waals surface area contributed by atoms with E-state index in [1.54, 1.807) is 12.1 Å². The minimum absolute atomic E-state index is 0.164. The van der Waals surface area contributed by atoms with Crippen molar-refractivity contribution in [3.63, 3.8) is 0 Å². The molecule has 1 heterocycles. The zero-order chi connectivity index (χ0) is 14.5. The second-order valence-corrected chi connectivity index (χ2v) is 6.20. The fourth-order valence-corrected chi connectivity index (χ4v) is 3.00. The van der Waals surface area contributed by atoms with Gasteiger partial charge < -0.3 is 10.2 Å². The first kappa shape index (κ1) is 15.5. The first-order valence-electron chi connectivity index (χ1n) is 7.82. The second-order valence-electron chi connectivity index (χ2n) is 6.20. The average Bonchev–Trinajstić information content (AvgIpc) is 2.65. The van der Waals surface area contributed by atoms with Crippen LogP contribution in [0.5, 0.6) is 0 Å². The van der Waals surface area contributed by atoms with Crippen molar-refractivity contribution < 1.29 is 4.39 Å². The number of nitrogens with one attached hydrogen (secondary N) is 1. The maximum absolute atomic E-state index is 13.0. The molecular weight excluding hydrogens is 251 g/mol. The van der Waals surface area contributed by atoms with Gasteiger partial charge in [0.2, 0.25) is 0 Å². The van der Waals surface area contributed by atoms with Crippen molar-refractivity contribution >= 4 is 0 Å². The van der Waals surface area contributed by atoms with Crippen LogP contribution in [0.25, 0.3) is 0 Å². The fraction of sp³-hybridized carbons (Fsp3) is 0.647. The molecule has 0 aromatic heterocycles. The second kappa shape index (κ2) is 7.19. The third-order valence-electron chi connectivity index (χ3n) is 4.35. The summed E-state index contributed by atoms with van der Waals surface area (Å²) in [7, 11) is 0. The molecule has 1 aliphatic rings. The van der Waals surface area contributed by atoms with Gasteiger partial charge in [0.1, 0.15) is 5.82 Å². The van der Waals surface area contributed by atoms with Crippen LogP contribution < -0.4 is 5.32 Å². The highest BCUT2D eigenvalue weighted by molar-refractivity contribution is 5.19. The predicted molar refractivity (Wildman–Crippen MR) is 82.3 cm³/mol. The summed E-state index contributed by atoms with van der Waals surface area (Å²) in [6.07, 6.45) is 3.68. The van der Waals surface area contributed by atoms with Crippen molar-refractivity contribution in [2.75, 3.05) is 13.1 Å². The van der Waals surface area contributed by atoms with E-state index < -0.39 is 0 Å². The molecule has 0 spiro atoms. The van der Waals surface area contributed by atoms with Crippen molar-refractivity contribution in [2.45, 2.75) is 58.2 Å². The van der Waals surface area contributed by atoms with E-state index in [0.29, 0.717) is 12.1 Å². The molecule has 2 atom stereocenters. The van der Waals surface area contributed by atoms with Gasteiger partial charge in [0.05, 0.1) is 0 Å². The van der Waals surface area contributed by atoms with Crippen LogP contribution in [0.4, 0.5) is 4.39 Å². The van der Waals surface area contributed by atoms with Crippen molar-refractivity contribution in [1.29, 1.82) is 0 Å². The number of nitrogens with zero attached hydrogens (tertiary/aromatic N) is 1. The third kappa shape index (κ3) is 4.29. The fourth-order valence-electron chi connectivity index (χ4n) is 3.00. The molecule has 1 unspecified atom stereocenters. The Bertz CT molecular complexity index is 402. The molecule has 1 aliphatic heterocycles. The largest absolute Gasteiger partial charge is 0.307 e. The molecule has 0 bridgehead atoms. The van der Waals surface area contributed by atoms with Crippen LogP contribution in [0.2, 0.25) is 0 Å². The quantitative estimate of drug-likeness (QED) is 0.902. The Kier molecular flexibility index (Phi) is 5.55. The Morgan fingerprint density at radius 3 is 2.45 bits per heavy atom. The molecule has 112 valence electrons. The maximum atomic E-state index is 13.0. The normalized spacial score (nSPS) is 22.8. The van der Waals surface area contributed by atoms with E-state index in [9.17, 15) is 4.39 Å². The van der Waals surface area contributed by atoms with Crippen LogP contribution in [-0.4, -0.2) is 30.1 Å². The molecule has 0 aliphatic carbocycles. The highest BCUT2D eigenvalue weighted by Crippen LogP contribution is 2.18. The van der Waals surface area contributed by atoms with Gasteiger partial charge >= 0.3 is 0 Å². The number of hydrogen-bond donors (Lipinski definition) is 1. The molecular formula is C17H27FN2. The van der Waals surface area contributed by atoms with E-state index in [4.69, 9.17) is 0 Å². The highest BCUT2D eigenvalue weighted by atomic mass is 19.1. The molecule has 2 nitrogen and oxygen atoms in total. The van der Waals surface area contributed by atoms with Gasteiger partial charge in [-0.25, -0.2) is 4.39 Å². The van der Waals surface area contributed by atoms with E-state index in [0.717, 1.165) is 5.56 Å². The summed E-state index contributed by atoms with van der Waals surface area (Å²) in [6, 6.07) is 8.34. The standard InChI is InChI=1S/C17H27FN2/c1-13(2)20-11-4-5-17(10-12-20)19-14(3)15-6-8-16(18)9-7-15/h6-9,13-14,17,19H,4-5,10-12H2,1-3H3/t14-,17?/m1/s1. The van der Waals surface area contributed by atoms with Gasteiger partial charge in [-0.2, -0.15) is 0 Å². The van der Waals surface area contributed by atoms with Crippen LogP contribution >= 0.6 is 0 Å². The van der Waals surface area contributed by atoms with Crippen LogP contribution in [0.1, 0.15) is 51.6 Å². The zero-order valence-electron chi connectivity index (χ0n) is 12.9. The van der Waals surface area contributed by atoms with E-state index in [1.807, 2.05) is 12.1 Å². The number of halogens is 1. The number of benzene rings is 1. The summed E-state index contributed by atoms with van der Waals surface area (Å²) in [4.78, 5) is 2.56. The SMILES string of the molecule is CC(C)N1CCCC(N[C@H](C)c2ccc(F)cc2)CC1. The Hall–Kier alpha value is -0.930. The monoisotopic (exact) mass is 278 g/mol. The lowest BCUT2D eigenvalue weighted by molar-refractivity contribution is 0.228. The molecule has 0 amide bonds. The zero-order valence-corrected chi connectivity index (χ0v) is 12.9. The van der Waals surface area contributed by atoms with Gasteiger partial charge in [-0.15, -0.1) is 0 Å². The summed E-state index contributed by atoms with van der Waals surface area (Å²) >= 11 is 0. The molecule has 0 saturated carbocycles. The maximum Gasteiger partial charge on any atom is 0.123 e. The van der Waals surface area contributed by atoms with Gasteiger partial charge in [0.15, 0.2) is 0 Å². The third-order valence-corrected chi connectivity index (χ3v) is 4.35. The average molecular weight is 278 g/mol.